The first-order valence-electron chi connectivity index (χ1n) is 7.73. The second-order valence-electron chi connectivity index (χ2n) is 6.63. The van der Waals surface area contributed by atoms with Crippen LogP contribution in [-0.2, 0) is 6.54 Å². The van der Waals surface area contributed by atoms with Crippen LogP contribution in [0.15, 0.2) is 18.2 Å². The van der Waals surface area contributed by atoms with Crippen molar-refractivity contribution in [3.05, 3.63) is 40.2 Å². The highest BCUT2D eigenvalue weighted by atomic mass is 32.1. The highest BCUT2D eigenvalue weighted by Crippen LogP contribution is 2.37. The molecule has 0 radical (unpaired) electrons. The van der Waals surface area contributed by atoms with Crippen molar-refractivity contribution in [2.45, 2.75) is 46.1 Å². The van der Waals surface area contributed by atoms with Gasteiger partial charge in [0.25, 0.3) is 0 Å². The number of hydrogen-bond donors (Lipinski definition) is 0. The number of benzene rings is 1. The quantitative estimate of drug-likeness (QED) is 0.747. The standard InChI is InChI=1S/C18H25FN2S/c1-11(2)16-17(12(3)4)22-18(20-16)14-9-13(10-21(5)6)7-8-15(14)19/h7-9,11-12H,10H2,1-6H3. The molecule has 0 unspecified atom stereocenters. The summed E-state index contributed by atoms with van der Waals surface area (Å²) in [6, 6.07) is 5.33. The van der Waals surface area contributed by atoms with Crippen molar-refractivity contribution < 1.29 is 4.39 Å². The van der Waals surface area contributed by atoms with E-state index in [4.69, 9.17) is 4.98 Å². The fourth-order valence-electron chi connectivity index (χ4n) is 2.49. The second-order valence-corrected chi connectivity index (χ2v) is 7.66. The number of rotatable bonds is 5. The van der Waals surface area contributed by atoms with E-state index in [1.165, 1.54) is 4.88 Å². The van der Waals surface area contributed by atoms with Gasteiger partial charge in [0.2, 0.25) is 0 Å². The summed E-state index contributed by atoms with van der Waals surface area (Å²) in [7, 11) is 4.03. The molecule has 0 bridgehead atoms. The fraction of sp³-hybridized carbons (Fsp3) is 0.500. The Hall–Kier alpha value is -1.26. The Morgan fingerprint density at radius 1 is 1.14 bits per heavy atom. The molecule has 0 amide bonds. The number of nitrogens with zero attached hydrogens (tertiary/aromatic N) is 2. The number of halogens is 1. The smallest absolute Gasteiger partial charge is 0.133 e. The molecule has 0 atom stereocenters. The van der Waals surface area contributed by atoms with Crippen LogP contribution in [0.25, 0.3) is 10.6 Å². The largest absolute Gasteiger partial charge is 0.305 e. The Morgan fingerprint density at radius 3 is 2.32 bits per heavy atom. The minimum Gasteiger partial charge on any atom is -0.305 e. The topological polar surface area (TPSA) is 16.1 Å². The van der Waals surface area contributed by atoms with Crippen molar-refractivity contribution in [2.24, 2.45) is 0 Å². The summed E-state index contributed by atoms with van der Waals surface area (Å²) in [5.41, 5.74) is 2.83. The lowest BCUT2D eigenvalue weighted by Gasteiger charge is -2.10. The summed E-state index contributed by atoms with van der Waals surface area (Å²) in [5, 5.41) is 0.797. The molecule has 0 spiro atoms. The summed E-state index contributed by atoms with van der Waals surface area (Å²) in [5.74, 6) is 0.578. The van der Waals surface area contributed by atoms with Crippen LogP contribution in [0, 0.1) is 5.82 Å². The van der Waals surface area contributed by atoms with Crippen molar-refractivity contribution in [2.75, 3.05) is 14.1 Å². The molecular formula is C18H25FN2S. The van der Waals surface area contributed by atoms with E-state index in [2.05, 4.69) is 32.6 Å². The average Bonchev–Trinajstić information content (AvgIpc) is 2.85. The molecule has 0 N–H and O–H groups in total. The lowest BCUT2D eigenvalue weighted by Crippen LogP contribution is -2.10. The zero-order valence-electron chi connectivity index (χ0n) is 14.3. The van der Waals surface area contributed by atoms with Gasteiger partial charge in [-0.15, -0.1) is 11.3 Å². The molecule has 1 aromatic carbocycles. The lowest BCUT2D eigenvalue weighted by atomic mass is 10.0. The van der Waals surface area contributed by atoms with Crippen molar-refractivity contribution in [1.29, 1.82) is 0 Å². The van der Waals surface area contributed by atoms with Gasteiger partial charge in [0.15, 0.2) is 0 Å². The fourth-order valence-corrected chi connectivity index (χ4v) is 3.73. The van der Waals surface area contributed by atoms with E-state index in [0.717, 1.165) is 22.8 Å². The maximum Gasteiger partial charge on any atom is 0.133 e. The van der Waals surface area contributed by atoms with Gasteiger partial charge in [-0.3, -0.25) is 0 Å². The molecule has 0 aliphatic carbocycles. The van der Waals surface area contributed by atoms with E-state index in [9.17, 15) is 4.39 Å². The number of thiazole rings is 1. The van der Waals surface area contributed by atoms with Gasteiger partial charge in [0.1, 0.15) is 10.8 Å². The van der Waals surface area contributed by atoms with Gasteiger partial charge < -0.3 is 4.90 Å². The molecule has 2 rings (SSSR count). The second kappa shape index (κ2) is 6.88. The summed E-state index contributed by atoms with van der Waals surface area (Å²) in [6.45, 7) is 9.42. The van der Waals surface area contributed by atoms with Crippen LogP contribution in [0.4, 0.5) is 4.39 Å². The molecular weight excluding hydrogens is 295 g/mol. The van der Waals surface area contributed by atoms with Crippen LogP contribution < -0.4 is 0 Å². The molecule has 0 aliphatic rings. The van der Waals surface area contributed by atoms with E-state index in [-0.39, 0.29) is 5.82 Å². The number of aromatic nitrogens is 1. The van der Waals surface area contributed by atoms with Crippen LogP contribution in [0.3, 0.4) is 0 Å². The lowest BCUT2D eigenvalue weighted by molar-refractivity contribution is 0.402. The van der Waals surface area contributed by atoms with Gasteiger partial charge in [-0.1, -0.05) is 33.8 Å². The predicted molar refractivity (Wildman–Crippen MR) is 93.1 cm³/mol. The van der Waals surface area contributed by atoms with Gasteiger partial charge in [-0.05, 0) is 43.6 Å². The van der Waals surface area contributed by atoms with Crippen LogP contribution in [0.5, 0.6) is 0 Å². The zero-order valence-corrected chi connectivity index (χ0v) is 15.1. The van der Waals surface area contributed by atoms with Crippen molar-refractivity contribution >= 4 is 11.3 Å². The predicted octanol–water partition coefficient (Wildman–Crippen LogP) is 5.26. The minimum atomic E-state index is -0.193. The van der Waals surface area contributed by atoms with E-state index in [1.807, 2.05) is 26.2 Å². The highest BCUT2D eigenvalue weighted by Gasteiger charge is 2.19. The normalized spacial score (nSPS) is 11.9. The minimum absolute atomic E-state index is 0.193. The Bertz CT molecular complexity index is 619. The molecule has 2 aromatic rings. The SMILES string of the molecule is CC(C)c1nc(-c2cc(CN(C)C)ccc2F)sc1C(C)C. The summed E-state index contributed by atoms with van der Waals surface area (Å²) >= 11 is 1.63. The number of hydrogen-bond acceptors (Lipinski definition) is 3. The Labute approximate surface area is 137 Å². The van der Waals surface area contributed by atoms with Gasteiger partial charge in [-0.25, -0.2) is 9.37 Å². The van der Waals surface area contributed by atoms with Crippen molar-refractivity contribution in [3.63, 3.8) is 0 Å². The van der Waals surface area contributed by atoms with Crippen LogP contribution in [0.1, 0.15) is 55.7 Å². The molecule has 0 saturated carbocycles. The van der Waals surface area contributed by atoms with Gasteiger partial charge in [0, 0.05) is 17.0 Å². The zero-order chi connectivity index (χ0) is 16.4. The van der Waals surface area contributed by atoms with E-state index >= 15 is 0 Å². The summed E-state index contributed by atoms with van der Waals surface area (Å²) < 4.78 is 14.3. The van der Waals surface area contributed by atoms with Gasteiger partial charge in [0.05, 0.1) is 5.69 Å². The van der Waals surface area contributed by atoms with Crippen LogP contribution in [0.2, 0.25) is 0 Å². The maximum atomic E-state index is 14.3. The molecule has 4 heteroatoms. The molecule has 2 nitrogen and oxygen atoms in total. The van der Waals surface area contributed by atoms with Crippen molar-refractivity contribution in [3.8, 4) is 10.6 Å². The van der Waals surface area contributed by atoms with E-state index in [1.54, 1.807) is 17.4 Å². The molecule has 0 aliphatic heterocycles. The van der Waals surface area contributed by atoms with Gasteiger partial charge >= 0.3 is 0 Å². The molecule has 22 heavy (non-hydrogen) atoms. The van der Waals surface area contributed by atoms with Crippen LogP contribution >= 0.6 is 11.3 Å². The molecule has 0 saturated heterocycles. The Morgan fingerprint density at radius 2 is 1.82 bits per heavy atom. The third kappa shape index (κ3) is 3.73. The average molecular weight is 320 g/mol. The molecule has 120 valence electrons. The summed E-state index contributed by atoms with van der Waals surface area (Å²) in [6.07, 6.45) is 0. The molecule has 1 aromatic heterocycles. The first-order chi connectivity index (χ1) is 10.3. The monoisotopic (exact) mass is 320 g/mol. The maximum absolute atomic E-state index is 14.3. The van der Waals surface area contributed by atoms with Crippen molar-refractivity contribution in [1.82, 2.24) is 9.88 Å². The summed E-state index contributed by atoms with van der Waals surface area (Å²) in [4.78, 5) is 8.09. The first-order valence-corrected chi connectivity index (χ1v) is 8.55. The first kappa shape index (κ1) is 17.1. The van der Waals surface area contributed by atoms with Gasteiger partial charge in [-0.2, -0.15) is 0 Å². The molecule has 0 fully saturated rings. The highest BCUT2D eigenvalue weighted by molar-refractivity contribution is 7.15. The van der Waals surface area contributed by atoms with Crippen LogP contribution in [-0.4, -0.2) is 24.0 Å². The Balaban J connectivity index is 2.49. The third-order valence-electron chi connectivity index (χ3n) is 3.51. The van der Waals surface area contributed by atoms with E-state index in [0.29, 0.717) is 17.4 Å². The third-order valence-corrected chi connectivity index (χ3v) is 4.92. The molecule has 1 heterocycles. The Kier molecular flexibility index (Phi) is 5.35. The van der Waals surface area contributed by atoms with E-state index < -0.39 is 0 Å².